The van der Waals surface area contributed by atoms with Crippen LogP contribution in [0.1, 0.15) is 21.6 Å². The van der Waals surface area contributed by atoms with E-state index >= 15 is 0 Å². The van der Waals surface area contributed by atoms with Gasteiger partial charge in [0.05, 0.1) is 12.2 Å². The van der Waals surface area contributed by atoms with Gasteiger partial charge in [-0.1, -0.05) is 23.7 Å². The second-order valence-corrected chi connectivity index (χ2v) is 8.20. The van der Waals surface area contributed by atoms with Gasteiger partial charge in [0.2, 0.25) is 0 Å². The Morgan fingerprint density at radius 2 is 1.69 bits per heavy atom. The van der Waals surface area contributed by atoms with E-state index in [1.54, 1.807) is 24.3 Å². The Kier molecular flexibility index (Phi) is 6.53. The van der Waals surface area contributed by atoms with E-state index in [-0.39, 0.29) is 34.8 Å². The average molecular weight is 504 g/mol. The highest BCUT2D eigenvalue weighted by molar-refractivity contribution is 6.30. The van der Waals surface area contributed by atoms with E-state index in [0.29, 0.717) is 5.02 Å². The van der Waals surface area contributed by atoms with Crippen molar-refractivity contribution in [3.63, 3.8) is 0 Å². The Balaban J connectivity index is 1.73. The molecular weight excluding hydrogens is 486 g/mol. The summed E-state index contributed by atoms with van der Waals surface area (Å²) in [5.74, 6) is -1.30. The second kappa shape index (κ2) is 9.42. The molecule has 0 aliphatic heterocycles. The molecule has 0 saturated heterocycles. The molecule has 4 rings (SSSR count). The molecule has 0 saturated carbocycles. The molecule has 0 unspecified atom stereocenters. The zero-order valence-electron chi connectivity index (χ0n) is 18.2. The Hall–Kier alpha value is -3.85. The summed E-state index contributed by atoms with van der Waals surface area (Å²) >= 11 is 5.95. The third-order valence-electron chi connectivity index (χ3n) is 5.33. The van der Waals surface area contributed by atoms with Gasteiger partial charge in [-0.15, -0.1) is 0 Å². The highest BCUT2D eigenvalue weighted by Gasteiger charge is 2.35. The maximum Gasteiger partial charge on any atom is 0.435 e. The van der Waals surface area contributed by atoms with Gasteiger partial charge in [0.1, 0.15) is 11.6 Å². The van der Waals surface area contributed by atoms with Crippen LogP contribution in [0.15, 0.2) is 72.8 Å². The second-order valence-electron chi connectivity index (χ2n) is 7.76. The molecular formula is C25H18ClF4N3O2. The zero-order valence-corrected chi connectivity index (χ0v) is 19.0. The van der Waals surface area contributed by atoms with E-state index in [9.17, 15) is 27.5 Å². The first kappa shape index (κ1) is 24.3. The van der Waals surface area contributed by atoms with E-state index in [1.807, 2.05) is 0 Å². The summed E-state index contributed by atoms with van der Waals surface area (Å²) in [5.41, 5.74) is 0.304. The maximum atomic E-state index is 13.4. The molecule has 1 aromatic heterocycles. The third kappa shape index (κ3) is 5.30. The molecule has 35 heavy (non-hydrogen) atoms. The summed E-state index contributed by atoms with van der Waals surface area (Å²) in [4.78, 5) is 14.7. The molecule has 0 spiro atoms. The standard InChI is InChI=1S/C25H18ClF4N3O2/c1-32-21(13-23(31-32)25(28,29)30)20-11-10-19(12-22(20)34)33(14-15-2-6-17(26)7-3-15)24(35)16-4-8-18(27)9-5-16/h2-13,34H,14H2,1H3. The summed E-state index contributed by atoms with van der Waals surface area (Å²) in [7, 11) is 1.34. The van der Waals surface area contributed by atoms with E-state index in [1.165, 1.54) is 42.3 Å². The topological polar surface area (TPSA) is 58.4 Å². The zero-order chi connectivity index (χ0) is 25.3. The third-order valence-corrected chi connectivity index (χ3v) is 5.58. The number of aromatic nitrogens is 2. The number of carbonyl (C=O) groups excluding carboxylic acids is 1. The van der Waals surface area contributed by atoms with E-state index < -0.39 is 23.6 Å². The number of rotatable bonds is 5. The first-order valence-electron chi connectivity index (χ1n) is 10.3. The fourth-order valence-electron chi connectivity index (χ4n) is 3.56. The van der Waals surface area contributed by atoms with Crippen molar-refractivity contribution < 1.29 is 27.5 Å². The first-order chi connectivity index (χ1) is 16.5. The molecule has 1 amide bonds. The molecule has 0 fully saturated rings. The number of phenols is 1. The molecule has 4 aromatic rings. The highest BCUT2D eigenvalue weighted by atomic mass is 35.5. The van der Waals surface area contributed by atoms with E-state index in [2.05, 4.69) is 5.10 Å². The predicted molar refractivity (Wildman–Crippen MR) is 124 cm³/mol. The van der Waals surface area contributed by atoms with Gasteiger partial charge in [-0.25, -0.2) is 4.39 Å². The number of benzene rings is 3. The Morgan fingerprint density at radius 3 is 2.26 bits per heavy atom. The normalized spacial score (nSPS) is 11.5. The number of aromatic hydroxyl groups is 1. The van der Waals surface area contributed by atoms with Crippen molar-refractivity contribution in [2.75, 3.05) is 4.90 Å². The lowest BCUT2D eigenvalue weighted by Crippen LogP contribution is -2.30. The van der Waals surface area contributed by atoms with Gasteiger partial charge in [-0.2, -0.15) is 18.3 Å². The predicted octanol–water partition coefficient (Wildman–Crippen LogP) is 6.45. The Labute approximate surface area is 202 Å². The quantitative estimate of drug-likeness (QED) is 0.318. The van der Waals surface area contributed by atoms with Gasteiger partial charge in [0.15, 0.2) is 5.69 Å². The molecule has 180 valence electrons. The van der Waals surface area contributed by atoms with Crippen molar-refractivity contribution in [2.24, 2.45) is 7.05 Å². The maximum absolute atomic E-state index is 13.4. The number of anilines is 1. The van der Waals surface area contributed by atoms with Crippen LogP contribution in [0.25, 0.3) is 11.3 Å². The monoisotopic (exact) mass is 503 g/mol. The number of phenolic OH excluding ortho intramolecular Hbond substituents is 1. The van der Waals surface area contributed by atoms with E-state index in [4.69, 9.17) is 11.6 Å². The Bertz CT molecular complexity index is 1370. The summed E-state index contributed by atoms with van der Waals surface area (Å²) in [6, 6.07) is 16.8. The molecule has 0 bridgehead atoms. The smallest absolute Gasteiger partial charge is 0.435 e. The molecule has 1 N–H and O–H groups in total. The van der Waals surface area contributed by atoms with Crippen LogP contribution in [0.4, 0.5) is 23.2 Å². The number of hydrogen-bond donors (Lipinski definition) is 1. The van der Waals surface area contributed by atoms with Gasteiger partial charge < -0.3 is 10.0 Å². The lowest BCUT2D eigenvalue weighted by atomic mass is 10.1. The Morgan fingerprint density at radius 1 is 1.03 bits per heavy atom. The lowest BCUT2D eigenvalue weighted by molar-refractivity contribution is -0.141. The SMILES string of the molecule is Cn1nc(C(F)(F)F)cc1-c1ccc(N(Cc2ccc(Cl)cc2)C(=O)c2ccc(F)cc2)cc1O. The van der Waals surface area contributed by atoms with E-state index in [0.717, 1.165) is 28.4 Å². The van der Waals surface area contributed by atoms with Crippen molar-refractivity contribution in [1.82, 2.24) is 9.78 Å². The van der Waals surface area contributed by atoms with Crippen LogP contribution in [-0.2, 0) is 19.8 Å². The molecule has 0 radical (unpaired) electrons. The van der Waals surface area contributed by atoms with Crippen LogP contribution in [0.3, 0.4) is 0 Å². The average Bonchev–Trinajstić information content (AvgIpc) is 3.20. The number of halogens is 5. The number of amides is 1. The van der Waals surface area contributed by atoms with Crippen LogP contribution < -0.4 is 4.90 Å². The first-order valence-corrected chi connectivity index (χ1v) is 10.7. The molecule has 10 heteroatoms. The fourth-order valence-corrected chi connectivity index (χ4v) is 3.69. The minimum Gasteiger partial charge on any atom is -0.507 e. The summed E-state index contributed by atoms with van der Waals surface area (Å²) in [5, 5.41) is 14.7. The number of hydrogen-bond acceptors (Lipinski definition) is 3. The van der Waals surface area contributed by atoms with Crippen molar-refractivity contribution in [1.29, 1.82) is 0 Å². The van der Waals surface area contributed by atoms with Gasteiger partial charge in [0.25, 0.3) is 5.91 Å². The molecule has 0 aliphatic rings. The summed E-state index contributed by atoms with van der Waals surface area (Å²) in [6.07, 6.45) is -4.64. The minimum absolute atomic E-state index is 0.0514. The lowest BCUT2D eigenvalue weighted by Gasteiger charge is -2.24. The van der Waals surface area contributed by atoms with Crippen LogP contribution in [0.5, 0.6) is 5.75 Å². The van der Waals surface area contributed by atoms with Crippen molar-refractivity contribution in [3.05, 3.63) is 100 Å². The largest absolute Gasteiger partial charge is 0.507 e. The summed E-state index contributed by atoms with van der Waals surface area (Å²) < 4.78 is 53.6. The molecule has 3 aromatic carbocycles. The number of alkyl halides is 3. The van der Waals surface area contributed by atoms with Crippen molar-refractivity contribution >= 4 is 23.2 Å². The number of carbonyl (C=O) groups is 1. The van der Waals surface area contributed by atoms with Gasteiger partial charge in [-0.05, 0) is 60.2 Å². The summed E-state index contributed by atoms with van der Waals surface area (Å²) in [6.45, 7) is 0.0934. The molecule has 1 heterocycles. The van der Waals surface area contributed by atoms with Crippen molar-refractivity contribution in [3.8, 4) is 17.0 Å². The highest BCUT2D eigenvalue weighted by Crippen LogP contribution is 2.37. The molecule has 0 atom stereocenters. The fraction of sp³-hybridized carbons (Fsp3) is 0.120. The number of aryl methyl sites for hydroxylation is 1. The van der Waals surface area contributed by atoms with Crippen LogP contribution in [-0.4, -0.2) is 20.8 Å². The van der Waals surface area contributed by atoms with Crippen LogP contribution in [0.2, 0.25) is 5.02 Å². The minimum atomic E-state index is -4.64. The van der Waals surface area contributed by atoms with Gasteiger partial charge in [0, 0.05) is 35.0 Å². The van der Waals surface area contributed by atoms with Crippen molar-refractivity contribution in [2.45, 2.75) is 12.7 Å². The number of nitrogens with zero attached hydrogens (tertiary/aromatic N) is 3. The van der Waals surface area contributed by atoms with Gasteiger partial charge >= 0.3 is 6.18 Å². The van der Waals surface area contributed by atoms with Crippen LogP contribution >= 0.6 is 11.6 Å². The molecule has 5 nitrogen and oxygen atoms in total. The van der Waals surface area contributed by atoms with Gasteiger partial charge in [-0.3, -0.25) is 9.48 Å². The van der Waals surface area contributed by atoms with Crippen LogP contribution in [0, 0.1) is 5.82 Å². The molecule has 0 aliphatic carbocycles.